The van der Waals surface area contributed by atoms with Crippen LogP contribution in [0, 0.1) is 5.92 Å². The van der Waals surface area contributed by atoms with E-state index in [4.69, 9.17) is 4.74 Å². The number of Topliss-reactive ketones (excluding diaryl/α,β-unsaturated/α-hetero) is 1. The first kappa shape index (κ1) is 28.5. The lowest BCUT2D eigenvalue weighted by atomic mass is 9.93. The van der Waals surface area contributed by atoms with E-state index in [1.165, 1.54) is 17.7 Å². The van der Waals surface area contributed by atoms with Gasteiger partial charge in [-0.3, -0.25) is 4.79 Å². The fourth-order valence-corrected chi connectivity index (χ4v) is 5.16. The van der Waals surface area contributed by atoms with Crippen LogP contribution in [0.15, 0.2) is 91.1 Å². The number of allylic oxidation sites excluding steroid dienone is 1. The maximum atomic E-state index is 13.0. The maximum absolute atomic E-state index is 13.0. The van der Waals surface area contributed by atoms with Gasteiger partial charge in [0.25, 0.3) is 0 Å². The molecule has 3 nitrogen and oxygen atoms in total. The van der Waals surface area contributed by atoms with Gasteiger partial charge in [-0.05, 0) is 60.2 Å². The Morgan fingerprint density at radius 1 is 1.00 bits per heavy atom. The third-order valence-corrected chi connectivity index (χ3v) is 7.74. The number of alkyl halides is 3. The predicted molar refractivity (Wildman–Crippen MR) is 149 cm³/mol. The molecular formula is C33H36F3NO2. The molecule has 0 aliphatic heterocycles. The van der Waals surface area contributed by atoms with Crippen LogP contribution in [0.1, 0.15) is 66.9 Å². The molecular weight excluding hydrogens is 499 g/mol. The molecule has 0 heterocycles. The number of benzene rings is 3. The number of carbonyl (C=O) groups excluding carboxylic acids is 1. The van der Waals surface area contributed by atoms with Crippen molar-refractivity contribution in [2.24, 2.45) is 5.92 Å². The van der Waals surface area contributed by atoms with Gasteiger partial charge in [-0.25, -0.2) is 0 Å². The molecule has 3 atom stereocenters. The second kappa shape index (κ2) is 12.5. The highest BCUT2D eigenvalue weighted by atomic mass is 19.4. The average molecular weight is 536 g/mol. The van der Waals surface area contributed by atoms with Crippen molar-refractivity contribution in [1.82, 2.24) is 4.90 Å². The first-order valence-corrected chi connectivity index (χ1v) is 13.5. The molecule has 1 aliphatic rings. The van der Waals surface area contributed by atoms with Crippen molar-refractivity contribution in [2.45, 2.75) is 57.2 Å². The first-order chi connectivity index (χ1) is 18.6. The van der Waals surface area contributed by atoms with Crippen molar-refractivity contribution in [3.63, 3.8) is 0 Å². The third kappa shape index (κ3) is 7.53. The van der Waals surface area contributed by atoms with Crippen LogP contribution in [0.25, 0.3) is 0 Å². The van der Waals surface area contributed by atoms with Gasteiger partial charge in [-0.15, -0.1) is 0 Å². The van der Waals surface area contributed by atoms with Gasteiger partial charge in [0.05, 0.1) is 5.56 Å². The molecule has 39 heavy (non-hydrogen) atoms. The number of nitrogens with zero attached hydrogens (tertiary/aromatic N) is 1. The van der Waals surface area contributed by atoms with Gasteiger partial charge in [0, 0.05) is 44.0 Å². The quantitative estimate of drug-likeness (QED) is 0.247. The minimum Gasteiger partial charge on any atom is -0.486 e. The SMILES string of the molecule is C=C(C(C)c1ccc(CC2CCCC2=O)cc1)N(C)CC[C@@H](Oc1ccc(C(F)(F)F)cc1)c1ccccc1. The number of likely N-dealkylation sites (N-methyl/N-ethyl adjacent to an activating group) is 1. The summed E-state index contributed by atoms with van der Waals surface area (Å²) in [5.41, 5.74) is 3.58. The number of halogens is 3. The molecule has 0 bridgehead atoms. The molecule has 1 aliphatic carbocycles. The fourth-order valence-electron chi connectivity index (χ4n) is 5.16. The van der Waals surface area contributed by atoms with Gasteiger partial charge in [0.2, 0.25) is 0 Å². The van der Waals surface area contributed by atoms with Crippen LogP contribution in [0.3, 0.4) is 0 Å². The molecule has 0 amide bonds. The fraction of sp³-hybridized carbons (Fsp3) is 0.364. The summed E-state index contributed by atoms with van der Waals surface area (Å²) in [7, 11) is 2.00. The van der Waals surface area contributed by atoms with Crippen LogP contribution in [-0.2, 0) is 17.4 Å². The molecule has 6 heteroatoms. The molecule has 2 unspecified atom stereocenters. The summed E-state index contributed by atoms with van der Waals surface area (Å²) in [4.78, 5) is 14.1. The highest BCUT2D eigenvalue weighted by molar-refractivity contribution is 5.83. The zero-order valence-electron chi connectivity index (χ0n) is 22.6. The van der Waals surface area contributed by atoms with Gasteiger partial charge in [-0.1, -0.05) is 68.1 Å². The van der Waals surface area contributed by atoms with E-state index >= 15 is 0 Å². The highest BCUT2D eigenvalue weighted by Gasteiger charge is 2.30. The van der Waals surface area contributed by atoms with Crippen molar-refractivity contribution in [3.05, 3.63) is 113 Å². The summed E-state index contributed by atoms with van der Waals surface area (Å²) in [6.45, 7) is 7.13. The Kier molecular flexibility index (Phi) is 9.16. The number of ketones is 1. The van der Waals surface area contributed by atoms with E-state index in [0.29, 0.717) is 30.9 Å². The summed E-state index contributed by atoms with van der Waals surface area (Å²) >= 11 is 0. The van der Waals surface area contributed by atoms with E-state index in [-0.39, 0.29) is 17.9 Å². The van der Waals surface area contributed by atoms with Crippen LogP contribution < -0.4 is 4.74 Å². The smallest absolute Gasteiger partial charge is 0.416 e. The standard InChI is InChI=1S/C33H36F3NO2/c1-23(26-14-12-25(13-15-26)22-28-10-7-11-31(28)38)24(2)37(3)21-20-32(27-8-5-4-6-9-27)39-30-18-16-29(17-19-30)33(34,35)36/h4-6,8-9,12-19,23,28,32H,2,7,10-11,20-22H2,1,3H3/t23?,28?,32-/m1/s1. The molecule has 0 radical (unpaired) electrons. The zero-order chi connectivity index (χ0) is 28.0. The van der Waals surface area contributed by atoms with Crippen molar-refractivity contribution in [1.29, 1.82) is 0 Å². The van der Waals surface area contributed by atoms with Crippen molar-refractivity contribution in [2.75, 3.05) is 13.6 Å². The Morgan fingerprint density at radius 3 is 2.26 bits per heavy atom. The van der Waals surface area contributed by atoms with Crippen LogP contribution in [0.4, 0.5) is 13.2 Å². The van der Waals surface area contributed by atoms with Crippen LogP contribution in [0.5, 0.6) is 5.75 Å². The van der Waals surface area contributed by atoms with Gasteiger partial charge in [0.1, 0.15) is 17.6 Å². The molecule has 1 saturated carbocycles. The minimum absolute atomic E-state index is 0.100. The van der Waals surface area contributed by atoms with E-state index in [1.807, 2.05) is 37.4 Å². The van der Waals surface area contributed by atoms with Crippen LogP contribution in [-0.4, -0.2) is 24.3 Å². The Labute approximate surface area is 229 Å². The van der Waals surface area contributed by atoms with Gasteiger partial charge >= 0.3 is 6.18 Å². The Hall–Kier alpha value is -3.54. The third-order valence-electron chi connectivity index (χ3n) is 7.74. The summed E-state index contributed by atoms with van der Waals surface area (Å²) in [5, 5.41) is 0. The van der Waals surface area contributed by atoms with E-state index in [1.54, 1.807) is 0 Å². The average Bonchev–Trinajstić information content (AvgIpc) is 3.34. The normalized spacial score (nSPS) is 17.1. The largest absolute Gasteiger partial charge is 0.486 e. The molecule has 0 aromatic heterocycles. The first-order valence-electron chi connectivity index (χ1n) is 13.5. The number of rotatable bonds is 11. The number of carbonyl (C=O) groups is 1. The molecule has 0 N–H and O–H groups in total. The summed E-state index contributed by atoms with van der Waals surface area (Å²) < 4.78 is 45.1. The van der Waals surface area contributed by atoms with Crippen molar-refractivity contribution in [3.8, 4) is 5.75 Å². The van der Waals surface area contributed by atoms with E-state index in [2.05, 4.69) is 42.7 Å². The summed E-state index contributed by atoms with van der Waals surface area (Å²) in [5.74, 6) is 1.05. The number of hydrogen-bond acceptors (Lipinski definition) is 3. The lowest BCUT2D eigenvalue weighted by molar-refractivity contribution is -0.137. The molecule has 4 rings (SSSR count). The second-order valence-corrected chi connectivity index (χ2v) is 10.5. The lowest BCUT2D eigenvalue weighted by Gasteiger charge is -2.29. The Bertz CT molecular complexity index is 1240. The van der Waals surface area contributed by atoms with Gasteiger partial charge in [0.15, 0.2) is 0 Å². The molecule has 0 saturated heterocycles. The van der Waals surface area contributed by atoms with E-state index in [0.717, 1.165) is 48.2 Å². The van der Waals surface area contributed by atoms with Crippen molar-refractivity contribution >= 4 is 5.78 Å². The zero-order valence-corrected chi connectivity index (χ0v) is 22.6. The summed E-state index contributed by atoms with van der Waals surface area (Å²) in [6.07, 6.45) is -0.559. The van der Waals surface area contributed by atoms with Gasteiger partial charge < -0.3 is 9.64 Å². The molecule has 3 aromatic carbocycles. The second-order valence-electron chi connectivity index (χ2n) is 10.5. The van der Waals surface area contributed by atoms with E-state index < -0.39 is 11.7 Å². The van der Waals surface area contributed by atoms with Crippen LogP contribution in [0.2, 0.25) is 0 Å². The monoisotopic (exact) mass is 535 g/mol. The van der Waals surface area contributed by atoms with Gasteiger partial charge in [-0.2, -0.15) is 13.2 Å². The van der Waals surface area contributed by atoms with Crippen LogP contribution >= 0.6 is 0 Å². The van der Waals surface area contributed by atoms with E-state index in [9.17, 15) is 18.0 Å². The maximum Gasteiger partial charge on any atom is 0.416 e. The number of ether oxygens (including phenoxy) is 1. The topological polar surface area (TPSA) is 29.5 Å². The molecule has 0 spiro atoms. The Balaban J connectivity index is 1.37. The minimum atomic E-state index is -4.38. The molecule has 206 valence electrons. The van der Waals surface area contributed by atoms with Crippen molar-refractivity contribution < 1.29 is 22.7 Å². The predicted octanol–water partition coefficient (Wildman–Crippen LogP) is 8.38. The number of hydrogen-bond donors (Lipinski definition) is 0. The molecule has 3 aromatic rings. The molecule has 1 fully saturated rings. The highest BCUT2D eigenvalue weighted by Crippen LogP contribution is 2.33. The lowest BCUT2D eigenvalue weighted by Crippen LogP contribution is -2.24. The summed E-state index contributed by atoms with van der Waals surface area (Å²) in [6, 6.07) is 23.0. The Morgan fingerprint density at radius 2 is 1.67 bits per heavy atom.